The van der Waals surface area contributed by atoms with E-state index < -0.39 is 5.69 Å². The van der Waals surface area contributed by atoms with E-state index in [0.717, 1.165) is 22.6 Å². The minimum absolute atomic E-state index is 0.107. The Morgan fingerprint density at radius 3 is 2.65 bits per heavy atom. The SMILES string of the molecule is COc1ccc(CNC(=O)CSc2nc(=O)[nH]c(C)c2C)cc1. The van der Waals surface area contributed by atoms with Crippen molar-refractivity contribution in [1.29, 1.82) is 0 Å². The van der Waals surface area contributed by atoms with Gasteiger partial charge in [-0.2, -0.15) is 4.98 Å². The van der Waals surface area contributed by atoms with Crippen molar-refractivity contribution in [1.82, 2.24) is 15.3 Å². The number of aromatic amines is 1. The highest BCUT2D eigenvalue weighted by molar-refractivity contribution is 7.99. The van der Waals surface area contributed by atoms with Crippen LogP contribution in [0.5, 0.6) is 5.75 Å². The highest BCUT2D eigenvalue weighted by Crippen LogP contribution is 2.19. The Bertz CT molecular complexity index is 741. The lowest BCUT2D eigenvalue weighted by molar-refractivity contribution is -0.118. The van der Waals surface area contributed by atoms with Gasteiger partial charge in [-0.05, 0) is 31.5 Å². The van der Waals surface area contributed by atoms with E-state index in [1.807, 2.05) is 38.1 Å². The molecule has 2 aromatic rings. The number of ether oxygens (including phenoxy) is 1. The van der Waals surface area contributed by atoms with Crippen molar-refractivity contribution in [2.75, 3.05) is 12.9 Å². The van der Waals surface area contributed by atoms with Crippen LogP contribution in [0.4, 0.5) is 0 Å². The van der Waals surface area contributed by atoms with Gasteiger partial charge in [-0.25, -0.2) is 4.79 Å². The summed E-state index contributed by atoms with van der Waals surface area (Å²) in [5.74, 6) is 0.888. The molecule has 0 spiro atoms. The Balaban J connectivity index is 1.86. The van der Waals surface area contributed by atoms with Gasteiger partial charge in [-0.3, -0.25) is 4.79 Å². The molecule has 0 aliphatic rings. The molecule has 0 radical (unpaired) electrons. The molecule has 0 aliphatic carbocycles. The van der Waals surface area contributed by atoms with Gasteiger partial charge in [0.15, 0.2) is 0 Å². The summed E-state index contributed by atoms with van der Waals surface area (Å²) in [7, 11) is 1.61. The third-order valence-corrected chi connectivity index (χ3v) is 4.45. The fraction of sp³-hybridized carbons (Fsp3) is 0.312. The summed E-state index contributed by atoms with van der Waals surface area (Å²) in [4.78, 5) is 29.8. The van der Waals surface area contributed by atoms with Gasteiger partial charge in [-0.15, -0.1) is 0 Å². The van der Waals surface area contributed by atoms with Crippen LogP contribution in [-0.4, -0.2) is 28.7 Å². The van der Waals surface area contributed by atoms with Gasteiger partial charge in [0.1, 0.15) is 10.8 Å². The highest BCUT2D eigenvalue weighted by Gasteiger charge is 2.09. The minimum Gasteiger partial charge on any atom is -0.497 e. The fourth-order valence-corrected chi connectivity index (χ4v) is 2.78. The summed E-state index contributed by atoms with van der Waals surface area (Å²) in [6.45, 7) is 4.13. The monoisotopic (exact) mass is 333 g/mol. The average Bonchev–Trinajstić information content (AvgIpc) is 2.55. The number of rotatable bonds is 6. The smallest absolute Gasteiger partial charge is 0.346 e. The number of amides is 1. The first-order chi connectivity index (χ1) is 11.0. The first-order valence-electron chi connectivity index (χ1n) is 7.09. The van der Waals surface area contributed by atoms with Crippen molar-refractivity contribution >= 4 is 17.7 Å². The van der Waals surface area contributed by atoms with Crippen LogP contribution in [0.25, 0.3) is 0 Å². The Labute approximate surface area is 138 Å². The molecule has 1 aromatic carbocycles. The number of aromatic nitrogens is 2. The number of carbonyl (C=O) groups excluding carboxylic acids is 1. The molecule has 23 heavy (non-hydrogen) atoms. The van der Waals surface area contributed by atoms with Crippen LogP contribution in [0.15, 0.2) is 34.1 Å². The van der Waals surface area contributed by atoms with Gasteiger partial charge < -0.3 is 15.0 Å². The van der Waals surface area contributed by atoms with Crippen LogP contribution < -0.4 is 15.7 Å². The van der Waals surface area contributed by atoms with Crippen molar-refractivity contribution in [3.8, 4) is 5.75 Å². The Morgan fingerprint density at radius 1 is 1.30 bits per heavy atom. The lowest BCUT2D eigenvalue weighted by Gasteiger charge is -2.08. The normalized spacial score (nSPS) is 10.4. The van der Waals surface area contributed by atoms with E-state index in [-0.39, 0.29) is 11.7 Å². The van der Waals surface area contributed by atoms with Crippen LogP contribution in [-0.2, 0) is 11.3 Å². The molecule has 0 saturated heterocycles. The number of aryl methyl sites for hydroxylation is 1. The van der Waals surface area contributed by atoms with Gasteiger partial charge in [0.25, 0.3) is 0 Å². The number of nitrogens with one attached hydrogen (secondary N) is 2. The zero-order valence-electron chi connectivity index (χ0n) is 13.3. The third-order valence-electron chi connectivity index (χ3n) is 3.37. The zero-order valence-corrected chi connectivity index (χ0v) is 14.1. The minimum atomic E-state index is -0.394. The van der Waals surface area contributed by atoms with Crippen LogP contribution >= 0.6 is 11.8 Å². The molecule has 0 fully saturated rings. The van der Waals surface area contributed by atoms with E-state index in [1.165, 1.54) is 11.8 Å². The van der Waals surface area contributed by atoms with Gasteiger partial charge in [0, 0.05) is 17.8 Å². The molecule has 0 atom stereocenters. The second-order valence-corrected chi connectivity index (χ2v) is 5.97. The van der Waals surface area contributed by atoms with Gasteiger partial charge in [0.2, 0.25) is 5.91 Å². The second kappa shape index (κ2) is 7.82. The topological polar surface area (TPSA) is 84.1 Å². The van der Waals surface area contributed by atoms with Crippen molar-refractivity contribution < 1.29 is 9.53 Å². The van der Waals surface area contributed by atoms with Crippen molar-refractivity contribution in [2.45, 2.75) is 25.4 Å². The van der Waals surface area contributed by atoms with E-state index >= 15 is 0 Å². The maximum Gasteiger partial charge on any atom is 0.346 e. The summed E-state index contributed by atoms with van der Waals surface area (Å²) in [5, 5.41) is 3.43. The molecule has 0 aliphatic heterocycles. The van der Waals surface area contributed by atoms with Crippen molar-refractivity contribution in [2.24, 2.45) is 0 Å². The molecule has 0 saturated carbocycles. The quantitative estimate of drug-likeness (QED) is 0.622. The number of hydrogen-bond donors (Lipinski definition) is 2. The molecule has 1 heterocycles. The van der Waals surface area contributed by atoms with E-state index in [2.05, 4.69) is 15.3 Å². The second-order valence-electron chi connectivity index (χ2n) is 5.01. The summed E-state index contributed by atoms with van der Waals surface area (Å²) in [6.07, 6.45) is 0. The molecule has 0 unspecified atom stereocenters. The number of H-pyrrole nitrogens is 1. The Hall–Kier alpha value is -2.28. The molecule has 6 nitrogen and oxygen atoms in total. The maximum atomic E-state index is 11.9. The van der Waals surface area contributed by atoms with Crippen LogP contribution in [0.1, 0.15) is 16.8 Å². The van der Waals surface area contributed by atoms with E-state index in [0.29, 0.717) is 11.6 Å². The predicted molar refractivity (Wildman–Crippen MR) is 89.9 cm³/mol. The molecule has 2 N–H and O–H groups in total. The first kappa shape index (κ1) is 17.1. The molecule has 0 bridgehead atoms. The Morgan fingerprint density at radius 2 is 2.00 bits per heavy atom. The summed E-state index contributed by atoms with van der Waals surface area (Å²) in [6, 6.07) is 7.50. The third kappa shape index (κ3) is 4.85. The highest BCUT2D eigenvalue weighted by atomic mass is 32.2. The molecule has 1 aromatic heterocycles. The van der Waals surface area contributed by atoms with Gasteiger partial charge >= 0.3 is 5.69 Å². The van der Waals surface area contributed by atoms with E-state index in [9.17, 15) is 9.59 Å². The molecule has 7 heteroatoms. The number of methoxy groups -OCH3 is 1. The van der Waals surface area contributed by atoms with E-state index in [4.69, 9.17) is 4.74 Å². The zero-order chi connectivity index (χ0) is 16.8. The largest absolute Gasteiger partial charge is 0.497 e. The lowest BCUT2D eigenvalue weighted by atomic mass is 10.2. The average molecular weight is 333 g/mol. The number of benzene rings is 1. The van der Waals surface area contributed by atoms with Crippen molar-refractivity contribution in [3.63, 3.8) is 0 Å². The summed E-state index contributed by atoms with van der Waals surface area (Å²) >= 11 is 1.26. The standard InChI is InChI=1S/C16H19N3O3S/c1-10-11(2)18-16(21)19-15(10)23-9-14(20)17-8-12-4-6-13(22-3)7-5-12/h4-7H,8-9H2,1-3H3,(H,17,20)(H,18,19,21). The first-order valence-corrected chi connectivity index (χ1v) is 8.08. The molecule has 122 valence electrons. The van der Waals surface area contributed by atoms with E-state index in [1.54, 1.807) is 7.11 Å². The van der Waals surface area contributed by atoms with Crippen LogP contribution in [0, 0.1) is 13.8 Å². The van der Waals surface area contributed by atoms with Gasteiger partial charge in [0.05, 0.1) is 12.9 Å². The summed E-state index contributed by atoms with van der Waals surface area (Å²) < 4.78 is 5.09. The number of hydrogen-bond acceptors (Lipinski definition) is 5. The number of thioether (sulfide) groups is 1. The van der Waals surface area contributed by atoms with Crippen LogP contribution in [0.2, 0.25) is 0 Å². The maximum absolute atomic E-state index is 11.9. The van der Waals surface area contributed by atoms with Gasteiger partial charge in [-0.1, -0.05) is 23.9 Å². The summed E-state index contributed by atoms with van der Waals surface area (Å²) in [5.41, 5.74) is 2.25. The molecule has 2 rings (SSSR count). The number of nitrogens with zero attached hydrogens (tertiary/aromatic N) is 1. The Kier molecular flexibility index (Phi) is 5.81. The molecular weight excluding hydrogens is 314 g/mol. The predicted octanol–water partition coefficient (Wildman–Crippen LogP) is 1.80. The van der Waals surface area contributed by atoms with Crippen molar-refractivity contribution in [3.05, 3.63) is 51.6 Å². The molecular formula is C16H19N3O3S. The fourth-order valence-electron chi connectivity index (χ4n) is 1.89. The number of carbonyl (C=O) groups is 1. The molecule has 1 amide bonds. The lowest BCUT2D eigenvalue weighted by Crippen LogP contribution is -2.25. The van der Waals surface area contributed by atoms with Crippen LogP contribution in [0.3, 0.4) is 0 Å².